The number of halogens is 1. The van der Waals surface area contributed by atoms with E-state index in [0.717, 1.165) is 23.1 Å². The molecule has 0 unspecified atom stereocenters. The number of rotatable bonds is 7. The Bertz CT molecular complexity index is 705. The molecular weight excluding hydrogens is 364 g/mol. The van der Waals surface area contributed by atoms with Gasteiger partial charge in [-0.1, -0.05) is 40.2 Å². The first kappa shape index (κ1) is 17.0. The molecule has 0 aliphatic rings. The average Bonchev–Trinajstić information content (AvgIpc) is 2.52. The summed E-state index contributed by atoms with van der Waals surface area (Å²) in [5.41, 5.74) is 1.12. The Hall–Kier alpha value is -1.37. The highest BCUT2D eigenvalue weighted by Crippen LogP contribution is 2.16. The van der Waals surface area contributed by atoms with E-state index in [1.807, 2.05) is 37.4 Å². The van der Waals surface area contributed by atoms with Crippen LogP contribution in [-0.2, 0) is 10.0 Å². The van der Waals surface area contributed by atoms with Gasteiger partial charge >= 0.3 is 0 Å². The number of anilines is 1. The van der Waals surface area contributed by atoms with E-state index in [0.29, 0.717) is 6.54 Å². The number of nitrogens with zero attached hydrogens (tertiary/aromatic N) is 1. The van der Waals surface area contributed by atoms with E-state index < -0.39 is 10.0 Å². The first-order valence-corrected chi connectivity index (χ1v) is 9.28. The summed E-state index contributed by atoms with van der Waals surface area (Å²) >= 11 is 3.28. The summed E-state index contributed by atoms with van der Waals surface area (Å²) in [5, 5.41) is 0. The SMILES string of the molecule is CN(CCCNS(=O)(=O)c1cccc(Br)c1)c1ccccc1. The third-order valence-electron chi connectivity index (χ3n) is 3.27. The van der Waals surface area contributed by atoms with Crippen molar-refractivity contribution in [2.24, 2.45) is 0 Å². The molecule has 2 rings (SSSR count). The fraction of sp³-hybridized carbons (Fsp3) is 0.250. The molecule has 0 bridgehead atoms. The van der Waals surface area contributed by atoms with Gasteiger partial charge in [-0.15, -0.1) is 0 Å². The van der Waals surface area contributed by atoms with Gasteiger partial charge in [0.2, 0.25) is 10.0 Å². The molecule has 0 fully saturated rings. The van der Waals surface area contributed by atoms with Crippen molar-refractivity contribution in [1.82, 2.24) is 4.72 Å². The summed E-state index contributed by atoms with van der Waals surface area (Å²) in [4.78, 5) is 2.38. The second kappa shape index (κ2) is 7.76. The van der Waals surface area contributed by atoms with Gasteiger partial charge in [0.05, 0.1) is 4.90 Å². The number of para-hydroxylation sites is 1. The van der Waals surface area contributed by atoms with Crippen LogP contribution in [-0.4, -0.2) is 28.6 Å². The maximum Gasteiger partial charge on any atom is 0.240 e. The van der Waals surface area contributed by atoms with Crippen LogP contribution in [0.15, 0.2) is 64.0 Å². The van der Waals surface area contributed by atoms with Crippen molar-refractivity contribution < 1.29 is 8.42 Å². The van der Waals surface area contributed by atoms with Crippen LogP contribution in [0.25, 0.3) is 0 Å². The molecule has 6 heteroatoms. The van der Waals surface area contributed by atoms with E-state index in [2.05, 4.69) is 25.6 Å². The second-order valence-electron chi connectivity index (χ2n) is 4.97. The molecule has 2 aromatic carbocycles. The summed E-state index contributed by atoms with van der Waals surface area (Å²) in [5.74, 6) is 0. The smallest absolute Gasteiger partial charge is 0.240 e. The minimum Gasteiger partial charge on any atom is -0.375 e. The van der Waals surface area contributed by atoms with E-state index in [4.69, 9.17) is 0 Å². The van der Waals surface area contributed by atoms with Crippen molar-refractivity contribution in [2.75, 3.05) is 25.0 Å². The Morgan fingerprint density at radius 1 is 1.09 bits per heavy atom. The fourth-order valence-corrected chi connectivity index (χ4v) is 3.72. The van der Waals surface area contributed by atoms with Gasteiger partial charge in [0, 0.05) is 30.3 Å². The summed E-state index contributed by atoms with van der Waals surface area (Å²) in [7, 11) is -1.45. The van der Waals surface area contributed by atoms with Gasteiger partial charge in [-0.3, -0.25) is 0 Å². The predicted molar refractivity (Wildman–Crippen MR) is 93.7 cm³/mol. The van der Waals surface area contributed by atoms with Crippen LogP contribution in [0, 0.1) is 0 Å². The maximum atomic E-state index is 12.2. The van der Waals surface area contributed by atoms with Crippen LogP contribution < -0.4 is 9.62 Å². The van der Waals surface area contributed by atoms with Gasteiger partial charge in [0.25, 0.3) is 0 Å². The number of benzene rings is 2. The number of nitrogens with one attached hydrogen (secondary N) is 1. The molecule has 0 spiro atoms. The molecule has 0 aliphatic carbocycles. The third kappa shape index (κ3) is 4.83. The molecule has 2 aromatic rings. The highest BCUT2D eigenvalue weighted by molar-refractivity contribution is 9.10. The minimum absolute atomic E-state index is 0.276. The molecule has 0 saturated carbocycles. The second-order valence-corrected chi connectivity index (χ2v) is 7.65. The topological polar surface area (TPSA) is 49.4 Å². The summed E-state index contributed by atoms with van der Waals surface area (Å²) < 4.78 is 27.7. The molecule has 0 amide bonds. The lowest BCUT2D eigenvalue weighted by Gasteiger charge is -2.19. The largest absolute Gasteiger partial charge is 0.375 e. The van der Waals surface area contributed by atoms with Crippen molar-refractivity contribution in [1.29, 1.82) is 0 Å². The van der Waals surface area contributed by atoms with Gasteiger partial charge < -0.3 is 4.90 Å². The Kier molecular flexibility index (Phi) is 5.99. The lowest BCUT2D eigenvalue weighted by atomic mass is 10.3. The standard InChI is InChI=1S/C16H19BrN2O2S/c1-19(15-8-3-2-4-9-15)12-6-11-18-22(20,21)16-10-5-7-14(17)13-16/h2-5,7-10,13,18H,6,11-12H2,1H3. The predicted octanol–water partition coefficient (Wildman–Crippen LogP) is 3.25. The van der Waals surface area contributed by atoms with E-state index in [9.17, 15) is 8.42 Å². The monoisotopic (exact) mass is 382 g/mol. The number of hydrogen-bond donors (Lipinski definition) is 1. The van der Waals surface area contributed by atoms with Gasteiger partial charge in [0.15, 0.2) is 0 Å². The zero-order valence-corrected chi connectivity index (χ0v) is 14.8. The molecule has 118 valence electrons. The van der Waals surface area contributed by atoms with Crippen LogP contribution in [0.1, 0.15) is 6.42 Å². The summed E-state index contributed by atoms with van der Waals surface area (Å²) in [6, 6.07) is 16.7. The first-order chi connectivity index (χ1) is 10.5. The van der Waals surface area contributed by atoms with Gasteiger partial charge in [0.1, 0.15) is 0 Å². The molecular formula is C16H19BrN2O2S. The molecule has 0 atom stereocenters. The van der Waals surface area contributed by atoms with Gasteiger partial charge in [-0.05, 0) is 36.8 Å². The molecule has 0 aromatic heterocycles. The van der Waals surface area contributed by atoms with Crippen LogP contribution in [0.4, 0.5) is 5.69 Å². The number of hydrogen-bond acceptors (Lipinski definition) is 3. The Balaban J connectivity index is 1.83. The molecule has 0 heterocycles. The van der Waals surface area contributed by atoms with Crippen molar-refractivity contribution >= 4 is 31.6 Å². The van der Waals surface area contributed by atoms with Gasteiger partial charge in [-0.2, -0.15) is 0 Å². The normalized spacial score (nSPS) is 11.4. The lowest BCUT2D eigenvalue weighted by Crippen LogP contribution is -2.28. The van der Waals surface area contributed by atoms with Crippen molar-refractivity contribution in [3.8, 4) is 0 Å². The summed E-state index contributed by atoms with van der Waals surface area (Å²) in [6.45, 7) is 1.19. The molecule has 0 aliphatic heterocycles. The first-order valence-electron chi connectivity index (χ1n) is 7.00. The Morgan fingerprint density at radius 3 is 2.50 bits per heavy atom. The zero-order valence-electron chi connectivity index (χ0n) is 12.4. The molecule has 4 nitrogen and oxygen atoms in total. The van der Waals surface area contributed by atoms with Crippen LogP contribution in [0.5, 0.6) is 0 Å². The highest BCUT2D eigenvalue weighted by Gasteiger charge is 2.13. The van der Waals surface area contributed by atoms with E-state index >= 15 is 0 Å². The minimum atomic E-state index is -3.44. The molecule has 0 saturated heterocycles. The average molecular weight is 383 g/mol. The maximum absolute atomic E-state index is 12.2. The highest BCUT2D eigenvalue weighted by atomic mass is 79.9. The van der Waals surface area contributed by atoms with Crippen molar-refractivity contribution in [3.05, 3.63) is 59.1 Å². The van der Waals surface area contributed by atoms with E-state index in [1.54, 1.807) is 24.3 Å². The number of sulfonamides is 1. The third-order valence-corrected chi connectivity index (χ3v) is 5.22. The van der Waals surface area contributed by atoms with Crippen LogP contribution >= 0.6 is 15.9 Å². The van der Waals surface area contributed by atoms with E-state index in [1.165, 1.54) is 0 Å². The lowest BCUT2D eigenvalue weighted by molar-refractivity contribution is 0.579. The zero-order chi connectivity index (χ0) is 16.0. The van der Waals surface area contributed by atoms with Crippen LogP contribution in [0.2, 0.25) is 0 Å². The van der Waals surface area contributed by atoms with Crippen molar-refractivity contribution in [3.63, 3.8) is 0 Å². The van der Waals surface area contributed by atoms with E-state index in [-0.39, 0.29) is 4.90 Å². The molecule has 0 radical (unpaired) electrons. The van der Waals surface area contributed by atoms with Crippen LogP contribution in [0.3, 0.4) is 0 Å². The summed E-state index contributed by atoms with van der Waals surface area (Å²) in [6.07, 6.45) is 0.735. The quantitative estimate of drug-likeness (QED) is 0.747. The Morgan fingerprint density at radius 2 is 1.82 bits per heavy atom. The van der Waals surface area contributed by atoms with Crippen molar-refractivity contribution in [2.45, 2.75) is 11.3 Å². The Labute approximate surface area is 140 Å². The molecule has 22 heavy (non-hydrogen) atoms. The fourth-order valence-electron chi connectivity index (χ4n) is 2.05. The molecule has 1 N–H and O–H groups in total. The van der Waals surface area contributed by atoms with Gasteiger partial charge in [-0.25, -0.2) is 13.1 Å².